The number of carbonyl (C=O) groups is 1. The predicted molar refractivity (Wildman–Crippen MR) is 68.8 cm³/mol. The number of ether oxygens (including phenoxy) is 1. The lowest BCUT2D eigenvalue weighted by Crippen LogP contribution is -2.50. The van der Waals surface area contributed by atoms with Gasteiger partial charge in [0.1, 0.15) is 5.60 Å². The summed E-state index contributed by atoms with van der Waals surface area (Å²) in [5.74, 6) is 0.418. The van der Waals surface area contributed by atoms with E-state index in [0.29, 0.717) is 5.92 Å². The monoisotopic (exact) mass is 242 g/mol. The topological polar surface area (TPSA) is 55.6 Å². The molecule has 100 valence electrons. The van der Waals surface area contributed by atoms with Crippen LogP contribution in [0.25, 0.3) is 0 Å². The van der Waals surface area contributed by atoms with E-state index < -0.39 is 5.60 Å². The van der Waals surface area contributed by atoms with Gasteiger partial charge >= 0.3 is 6.09 Å². The van der Waals surface area contributed by atoms with Gasteiger partial charge in [-0.15, -0.1) is 0 Å². The molecule has 0 aromatic heterocycles. The highest BCUT2D eigenvalue weighted by atomic mass is 16.6. The third-order valence-electron chi connectivity index (χ3n) is 3.10. The van der Waals surface area contributed by atoms with Crippen LogP contribution in [0.15, 0.2) is 0 Å². The molecule has 1 heterocycles. The Hall–Kier alpha value is -0.770. The summed E-state index contributed by atoms with van der Waals surface area (Å²) in [6.07, 6.45) is 2.87. The molecular weight excluding hydrogens is 216 g/mol. The molecule has 0 radical (unpaired) electrons. The molecule has 2 atom stereocenters. The van der Waals surface area contributed by atoms with E-state index in [9.17, 15) is 4.79 Å². The van der Waals surface area contributed by atoms with Crippen LogP contribution in [0, 0.1) is 5.92 Å². The van der Waals surface area contributed by atoms with Gasteiger partial charge in [0, 0.05) is 19.1 Å². The molecule has 4 nitrogen and oxygen atoms in total. The zero-order valence-corrected chi connectivity index (χ0v) is 11.5. The molecule has 2 N–H and O–H groups in total. The number of carbonyl (C=O) groups excluding carboxylic acids is 1. The van der Waals surface area contributed by atoms with Gasteiger partial charge in [0.2, 0.25) is 0 Å². The van der Waals surface area contributed by atoms with Crippen molar-refractivity contribution in [1.29, 1.82) is 0 Å². The number of piperidine rings is 1. The Morgan fingerprint density at radius 3 is 2.65 bits per heavy atom. The quantitative estimate of drug-likeness (QED) is 0.808. The summed E-state index contributed by atoms with van der Waals surface area (Å²) in [5, 5.41) is 0. The van der Waals surface area contributed by atoms with Crippen LogP contribution in [0.4, 0.5) is 4.79 Å². The van der Waals surface area contributed by atoms with E-state index in [0.717, 1.165) is 32.4 Å². The minimum Gasteiger partial charge on any atom is -0.444 e. The Balaban J connectivity index is 2.52. The highest BCUT2D eigenvalue weighted by Gasteiger charge is 2.31. The molecule has 17 heavy (non-hydrogen) atoms. The number of nitrogens with zero attached hydrogens (tertiary/aromatic N) is 1. The number of likely N-dealkylation sites (tertiary alicyclic amines) is 1. The molecule has 1 aliphatic rings. The number of nitrogens with two attached hydrogens (primary N) is 1. The van der Waals surface area contributed by atoms with Crippen LogP contribution in [-0.4, -0.2) is 35.7 Å². The Morgan fingerprint density at radius 1 is 1.47 bits per heavy atom. The summed E-state index contributed by atoms with van der Waals surface area (Å²) in [6.45, 7) is 9.29. The molecule has 0 aromatic rings. The zero-order chi connectivity index (χ0) is 13.1. The van der Waals surface area contributed by atoms with Crippen LogP contribution >= 0.6 is 0 Å². The zero-order valence-electron chi connectivity index (χ0n) is 11.5. The Morgan fingerprint density at radius 2 is 2.12 bits per heavy atom. The van der Waals surface area contributed by atoms with Gasteiger partial charge in [-0.25, -0.2) is 4.79 Å². The maximum Gasteiger partial charge on any atom is 0.410 e. The number of rotatable bonds is 2. The highest BCUT2D eigenvalue weighted by Crippen LogP contribution is 2.22. The molecule has 1 unspecified atom stereocenters. The van der Waals surface area contributed by atoms with Gasteiger partial charge in [-0.05, 0) is 39.5 Å². The molecule has 0 bridgehead atoms. The third kappa shape index (κ3) is 4.54. The van der Waals surface area contributed by atoms with Gasteiger partial charge in [-0.1, -0.05) is 13.3 Å². The van der Waals surface area contributed by atoms with Gasteiger partial charge < -0.3 is 15.4 Å². The SMILES string of the molecule is CCCC1CN(C(=O)OC(C)(C)C)CC[C@@H]1N. The Kier molecular flexibility index (Phi) is 4.80. The Labute approximate surface area is 104 Å². The first kappa shape index (κ1) is 14.3. The lowest BCUT2D eigenvalue weighted by Gasteiger charge is -2.37. The van der Waals surface area contributed by atoms with Crippen LogP contribution in [-0.2, 0) is 4.74 Å². The predicted octanol–water partition coefficient (Wildman–Crippen LogP) is 2.37. The fourth-order valence-corrected chi connectivity index (χ4v) is 2.22. The normalized spacial score (nSPS) is 25.8. The van der Waals surface area contributed by atoms with Gasteiger partial charge in [0.15, 0.2) is 0 Å². The van der Waals surface area contributed by atoms with E-state index in [4.69, 9.17) is 10.5 Å². The second-order valence-corrected chi connectivity index (χ2v) is 5.93. The minimum absolute atomic E-state index is 0.203. The van der Waals surface area contributed by atoms with E-state index >= 15 is 0 Å². The first-order valence-electron chi connectivity index (χ1n) is 6.57. The molecule has 1 fully saturated rings. The second kappa shape index (κ2) is 5.71. The molecule has 1 amide bonds. The Bertz CT molecular complexity index is 261. The largest absolute Gasteiger partial charge is 0.444 e. The van der Waals surface area contributed by atoms with E-state index in [1.54, 1.807) is 4.90 Å². The van der Waals surface area contributed by atoms with Crippen molar-refractivity contribution < 1.29 is 9.53 Å². The summed E-state index contributed by atoms with van der Waals surface area (Å²) >= 11 is 0. The van der Waals surface area contributed by atoms with Crippen molar-refractivity contribution in [2.24, 2.45) is 11.7 Å². The fourth-order valence-electron chi connectivity index (χ4n) is 2.22. The third-order valence-corrected chi connectivity index (χ3v) is 3.10. The molecule has 0 saturated carbocycles. The average molecular weight is 242 g/mol. The summed E-state index contributed by atoms with van der Waals surface area (Å²) < 4.78 is 5.39. The van der Waals surface area contributed by atoms with Crippen molar-refractivity contribution in [2.75, 3.05) is 13.1 Å². The number of hydrogen-bond donors (Lipinski definition) is 1. The summed E-state index contributed by atoms with van der Waals surface area (Å²) in [5.41, 5.74) is 5.66. The summed E-state index contributed by atoms with van der Waals surface area (Å²) in [7, 11) is 0. The molecule has 1 saturated heterocycles. The van der Waals surface area contributed by atoms with Crippen molar-refractivity contribution in [2.45, 2.75) is 58.6 Å². The maximum atomic E-state index is 11.9. The molecule has 0 spiro atoms. The first-order chi connectivity index (χ1) is 7.83. The molecular formula is C13H26N2O2. The molecule has 4 heteroatoms. The summed E-state index contributed by atoms with van der Waals surface area (Å²) in [6, 6.07) is 0.230. The summed E-state index contributed by atoms with van der Waals surface area (Å²) in [4.78, 5) is 13.7. The van der Waals surface area contributed by atoms with Crippen molar-refractivity contribution in [3.63, 3.8) is 0 Å². The fraction of sp³-hybridized carbons (Fsp3) is 0.923. The smallest absolute Gasteiger partial charge is 0.410 e. The number of hydrogen-bond acceptors (Lipinski definition) is 3. The lowest BCUT2D eigenvalue weighted by atomic mass is 9.89. The van der Waals surface area contributed by atoms with Crippen LogP contribution < -0.4 is 5.73 Å². The highest BCUT2D eigenvalue weighted by molar-refractivity contribution is 5.68. The standard InChI is InChI=1S/C13H26N2O2/c1-5-6-10-9-15(8-7-11(10)14)12(16)17-13(2,3)4/h10-11H,5-9,14H2,1-4H3/t10?,11-/m0/s1. The van der Waals surface area contributed by atoms with Crippen molar-refractivity contribution in [1.82, 2.24) is 4.90 Å². The van der Waals surface area contributed by atoms with Gasteiger partial charge in [0.25, 0.3) is 0 Å². The van der Waals surface area contributed by atoms with Gasteiger partial charge in [0.05, 0.1) is 0 Å². The van der Waals surface area contributed by atoms with Gasteiger partial charge in [-0.3, -0.25) is 0 Å². The van der Waals surface area contributed by atoms with Gasteiger partial charge in [-0.2, -0.15) is 0 Å². The molecule has 1 aliphatic heterocycles. The van der Waals surface area contributed by atoms with Crippen molar-refractivity contribution >= 4 is 6.09 Å². The number of amides is 1. The molecule has 0 aromatic carbocycles. The van der Waals surface area contributed by atoms with Crippen LogP contribution in [0.3, 0.4) is 0 Å². The minimum atomic E-state index is -0.420. The lowest BCUT2D eigenvalue weighted by molar-refractivity contribution is 0.0143. The van der Waals surface area contributed by atoms with E-state index in [2.05, 4.69) is 6.92 Å². The maximum absolute atomic E-state index is 11.9. The average Bonchev–Trinajstić information content (AvgIpc) is 2.19. The van der Waals surface area contributed by atoms with E-state index in [1.165, 1.54) is 0 Å². The van der Waals surface area contributed by atoms with E-state index in [-0.39, 0.29) is 12.1 Å². The van der Waals surface area contributed by atoms with E-state index in [1.807, 2.05) is 20.8 Å². The van der Waals surface area contributed by atoms with Crippen molar-refractivity contribution in [3.8, 4) is 0 Å². The van der Waals surface area contributed by atoms with Crippen molar-refractivity contribution in [3.05, 3.63) is 0 Å². The van der Waals surface area contributed by atoms with Crippen LogP contribution in [0.1, 0.15) is 47.0 Å². The second-order valence-electron chi connectivity index (χ2n) is 5.93. The van der Waals surface area contributed by atoms with Crippen LogP contribution in [0.5, 0.6) is 0 Å². The molecule has 0 aliphatic carbocycles. The molecule has 1 rings (SSSR count). The van der Waals surface area contributed by atoms with Crippen LogP contribution in [0.2, 0.25) is 0 Å². The first-order valence-corrected chi connectivity index (χ1v) is 6.57.